The molecule has 50 heavy (non-hydrogen) atoms. The van der Waals surface area contributed by atoms with Gasteiger partial charge in [-0.1, -0.05) is 78.9 Å². The molecule has 2 aliphatic heterocycles. The van der Waals surface area contributed by atoms with Gasteiger partial charge in [-0.25, -0.2) is 13.8 Å². The van der Waals surface area contributed by atoms with Gasteiger partial charge in [0.2, 0.25) is 5.43 Å². The van der Waals surface area contributed by atoms with Crippen LogP contribution >= 0.6 is 7.82 Å². The van der Waals surface area contributed by atoms with E-state index in [-0.39, 0.29) is 30.2 Å². The van der Waals surface area contributed by atoms with Crippen LogP contribution < -0.4 is 15.1 Å². The normalized spacial score (nSPS) is 16.4. The zero-order chi connectivity index (χ0) is 34.7. The second-order valence-corrected chi connectivity index (χ2v) is 14.3. The number of esters is 1. The first-order valence-corrected chi connectivity index (χ1v) is 18.3. The quantitative estimate of drug-likeness (QED) is 0.0772. The van der Waals surface area contributed by atoms with Crippen molar-refractivity contribution in [2.24, 2.45) is 0 Å². The zero-order valence-corrected chi connectivity index (χ0v) is 28.6. The highest BCUT2D eigenvalue weighted by Gasteiger charge is 2.35. The third-order valence-electron chi connectivity index (χ3n) is 9.30. The summed E-state index contributed by atoms with van der Waals surface area (Å²) in [6.07, 6.45) is 3.29. The first kappa shape index (κ1) is 33.9. The molecule has 0 aliphatic carbocycles. The van der Waals surface area contributed by atoms with Gasteiger partial charge in [0.05, 0.1) is 30.5 Å². The molecular formula is C39H38FN2O7P. The fourth-order valence-corrected chi connectivity index (χ4v) is 8.08. The van der Waals surface area contributed by atoms with E-state index < -0.39 is 31.1 Å². The second-order valence-electron chi connectivity index (χ2n) is 12.7. The van der Waals surface area contributed by atoms with Gasteiger partial charge in [-0.3, -0.25) is 18.4 Å². The fraction of sp³-hybridized carbons (Fsp3) is 0.282. The molecule has 7 rings (SSSR count). The van der Waals surface area contributed by atoms with Crippen LogP contribution in [-0.2, 0) is 37.8 Å². The molecule has 0 bridgehead atoms. The van der Waals surface area contributed by atoms with Crippen molar-refractivity contribution in [3.8, 4) is 5.75 Å². The molecule has 5 aromatic rings. The number of anilines is 1. The lowest BCUT2D eigenvalue weighted by Crippen LogP contribution is -2.38. The van der Waals surface area contributed by atoms with E-state index in [1.807, 2.05) is 77.1 Å². The molecule has 0 radical (unpaired) electrons. The van der Waals surface area contributed by atoms with Gasteiger partial charge >= 0.3 is 13.8 Å². The Kier molecular flexibility index (Phi) is 9.97. The molecule has 258 valence electrons. The number of piperidine rings is 1. The third kappa shape index (κ3) is 7.30. The molecule has 1 atom stereocenters. The van der Waals surface area contributed by atoms with E-state index in [1.165, 1.54) is 6.07 Å². The summed E-state index contributed by atoms with van der Waals surface area (Å²) in [5.74, 6) is -0.989. The van der Waals surface area contributed by atoms with Crippen LogP contribution in [0.3, 0.4) is 0 Å². The highest BCUT2D eigenvalue weighted by molar-refractivity contribution is 7.48. The number of ether oxygens (including phenoxy) is 1. The Bertz CT molecular complexity index is 2040. The van der Waals surface area contributed by atoms with Gasteiger partial charge in [-0.2, -0.15) is 0 Å². The number of phosphoric ester groups is 1. The maximum atomic E-state index is 16.1. The maximum absolute atomic E-state index is 16.1. The van der Waals surface area contributed by atoms with Crippen LogP contribution in [0.25, 0.3) is 10.9 Å². The minimum atomic E-state index is -3.98. The zero-order valence-electron chi connectivity index (χ0n) is 27.7. The summed E-state index contributed by atoms with van der Waals surface area (Å²) in [5, 5.41) is 0.153. The fourth-order valence-electron chi connectivity index (χ4n) is 6.69. The molecule has 2 aliphatic rings. The average Bonchev–Trinajstić information content (AvgIpc) is 3.14. The third-order valence-corrected chi connectivity index (χ3v) is 10.7. The molecule has 1 saturated heterocycles. The van der Waals surface area contributed by atoms with Crippen LogP contribution in [0.4, 0.5) is 10.1 Å². The minimum Gasteiger partial charge on any atom is -0.423 e. The van der Waals surface area contributed by atoms with E-state index in [9.17, 15) is 14.2 Å². The Hall–Kier alpha value is -4.60. The lowest BCUT2D eigenvalue weighted by molar-refractivity contribution is 0.0601. The van der Waals surface area contributed by atoms with E-state index in [1.54, 1.807) is 36.5 Å². The summed E-state index contributed by atoms with van der Waals surface area (Å²) in [6, 6.07) is 28.6. The van der Waals surface area contributed by atoms with Gasteiger partial charge in [0.25, 0.3) is 0 Å². The van der Waals surface area contributed by atoms with Gasteiger partial charge in [0.15, 0.2) is 0 Å². The summed E-state index contributed by atoms with van der Waals surface area (Å²) in [4.78, 5) is 28.7. The van der Waals surface area contributed by atoms with Crippen LogP contribution in [0.15, 0.2) is 108 Å². The predicted octanol–water partition coefficient (Wildman–Crippen LogP) is 8.39. The number of benzene rings is 4. The Balaban J connectivity index is 1.11. The number of halogens is 1. The topological polar surface area (TPSA) is 96.3 Å². The summed E-state index contributed by atoms with van der Waals surface area (Å²) in [5.41, 5.74) is 2.78. The molecule has 0 amide bonds. The predicted molar refractivity (Wildman–Crippen MR) is 189 cm³/mol. The molecular weight excluding hydrogens is 658 g/mol. The Morgan fingerprint density at radius 2 is 1.44 bits per heavy atom. The van der Waals surface area contributed by atoms with Crippen LogP contribution in [-0.4, -0.2) is 29.7 Å². The highest BCUT2D eigenvalue weighted by atomic mass is 31.2. The Morgan fingerprint density at radius 3 is 2.04 bits per heavy atom. The monoisotopic (exact) mass is 696 g/mol. The van der Waals surface area contributed by atoms with Crippen LogP contribution in [0.5, 0.6) is 5.75 Å². The Labute approximate surface area is 289 Å². The number of para-hydroxylation sites is 1. The minimum absolute atomic E-state index is 0.0211. The van der Waals surface area contributed by atoms with Crippen molar-refractivity contribution < 1.29 is 32.1 Å². The van der Waals surface area contributed by atoms with Gasteiger partial charge in [0.1, 0.15) is 17.1 Å². The number of carbonyl (C=O) groups is 1. The molecule has 9 nitrogen and oxygen atoms in total. The average molecular weight is 697 g/mol. The molecule has 0 unspecified atom stereocenters. The summed E-state index contributed by atoms with van der Waals surface area (Å²) in [6.45, 7) is 2.99. The van der Waals surface area contributed by atoms with Crippen molar-refractivity contribution in [3.05, 3.63) is 142 Å². The number of hydrogen-bond acceptors (Lipinski definition) is 8. The molecule has 0 spiro atoms. The SMILES string of the molecule is C[C@H]1CCc2c(N3CCC(OP(=O)(OCc4ccccc4)OCc4ccccc4)CC3)c(F)cc3c(=O)c(C(=O)Oc4ccccc4)cn1c23. The molecule has 4 aromatic carbocycles. The molecule has 11 heteroatoms. The van der Waals surface area contributed by atoms with E-state index in [0.717, 1.165) is 16.7 Å². The molecule has 0 saturated carbocycles. The molecule has 1 aromatic heterocycles. The molecule has 0 N–H and O–H groups in total. The summed E-state index contributed by atoms with van der Waals surface area (Å²) >= 11 is 0. The van der Waals surface area contributed by atoms with Crippen LogP contribution in [0, 0.1) is 5.82 Å². The number of aromatic nitrogens is 1. The standard InChI is InChI=1S/C39H38FN2O7P/c1-27-17-18-32-36-33(38(43)34(24-42(27)36)39(44)48-30-15-9-4-10-16-30)23-35(40)37(32)41-21-19-31(20-22-41)49-50(45,46-25-28-11-5-2-6-12-28)47-26-29-13-7-3-8-14-29/h2-16,23-24,27,31H,17-22,25-26H2,1H3/t27-/m0/s1. The first-order chi connectivity index (χ1) is 24.3. The lowest BCUT2D eigenvalue weighted by Gasteiger charge is -2.37. The number of aryl methyl sites for hydroxylation is 1. The van der Waals surface area contributed by atoms with E-state index in [4.69, 9.17) is 18.3 Å². The number of pyridine rings is 1. The van der Waals surface area contributed by atoms with Crippen LogP contribution in [0.2, 0.25) is 0 Å². The highest BCUT2D eigenvalue weighted by Crippen LogP contribution is 2.53. The van der Waals surface area contributed by atoms with Gasteiger partial charge in [-0.05, 0) is 61.9 Å². The van der Waals surface area contributed by atoms with Gasteiger partial charge in [0, 0.05) is 36.3 Å². The molecule has 3 heterocycles. The number of hydrogen-bond donors (Lipinski definition) is 0. The first-order valence-electron chi connectivity index (χ1n) is 16.9. The second kappa shape index (κ2) is 14.7. The number of rotatable bonds is 11. The van der Waals surface area contributed by atoms with Crippen molar-refractivity contribution in [1.29, 1.82) is 0 Å². The van der Waals surface area contributed by atoms with E-state index in [0.29, 0.717) is 55.7 Å². The maximum Gasteiger partial charge on any atom is 0.475 e. The Morgan fingerprint density at radius 1 is 0.860 bits per heavy atom. The van der Waals surface area contributed by atoms with Crippen molar-refractivity contribution >= 4 is 30.4 Å². The van der Waals surface area contributed by atoms with Crippen molar-refractivity contribution in [2.75, 3.05) is 18.0 Å². The summed E-state index contributed by atoms with van der Waals surface area (Å²) in [7, 11) is -3.98. The van der Waals surface area contributed by atoms with Crippen LogP contribution in [0.1, 0.15) is 59.3 Å². The lowest BCUT2D eigenvalue weighted by atomic mass is 9.93. The van der Waals surface area contributed by atoms with E-state index in [2.05, 4.69) is 0 Å². The smallest absolute Gasteiger partial charge is 0.423 e. The van der Waals surface area contributed by atoms with Crippen molar-refractivity contribution in [1.82, 2.24) is 4.57 Å². The van der Waals surface area contributed by atoms with Crippen molar-refractivity contribution in [3.63, 3.8) is 0 Å². The van der Waals surface area contributed by atoms with Gasteiger partial charge in [-0.15, -0.1) is 0 Å². The van der Waals surface area contributed by atoms with E-state index >= 15 is 4.39 Å². The number of nitrogens with zero attached hydrogens (tertiary/aromatic N) is 2. The number of carbonyl (C=O) groups excluding carboxylic acids is 1. The van der Waals surface area contributed by atoms with Gasteiger partial charge < -0.3 is 14.2 Å². The molecule has 1 fully saturated rings. The number of phosphoric acid groups is 1. The van der Waals surface area contributed by atoms with Crippen molar-refractivity contribution in [2.45, 2.75) is 58.0 Å². The largest absolute Gasteiger partial charge is 0.475 e. The summed E-state index contributed by atoms with van der Waals surface area (Å²) < 4.78 is 55.2.